The van der Waals surface area contributed by atoms with Gasteiger partial charge < -0.3 is 10.1 Å². The van der Waals surface area contributed by atoms with Crippen LogP contribution in [0.25, 0.3) is 0 Å². The Hall–Kier alpha value is -1.25. The van der Waals surface area contributed by atoms with E-state index in [1.54, 1.807) is 7.11 Å². The maximum absolute atomic E-state index is 5.30. The van der Waals surface area contributed by atoms with Crippen LogP contribution in [-0.2, 0) is 0 Å². The molecular formula is C14H20N2O. The second-order valence-electron chi connectivity index (χ2n) is 5.37. The Morgan fingerprint density at radius 2 is 2.35 bits per heavy atom. The summed E-state index contributed by atoms with van der Waals surface area (Å²) in [5, 5.41) is 3.45. The molecule has 3 nitrogen and oxygen atoms in total. The predicted octanol–water partition coefficient (Wildman–Crippen LogP) is 2.94. The van der Waals surface area contributed by atoms with Gasteiger partial charge in [0.2, 0.25) is 0 Å². The van der Waals surface area contributed by atoms with Crippen molar-refractivity contribution in [3.8, 4) is 5.75 Å². The maximum Gasteiger partial charge on any atom is 0.168 e. The third-order valence-corrected chi connectivity index (χ3v) is 4.41. The molecule has 0 spiro atoms. The standard InChI is InChI=1S/C14H20N2O/c1-17-13-3-2-6-15-14(13)16-9-12-8-10-4-5-11(12)7-10/h2-3,6,10-12H,4-5,7-9H2,1H3,(H,15,16). The van der Waals surface area contributed by atoms with Gasteiger partial charge in [-0.25, -0.2) is 4.98 Å². The quantitative estimate of drug-likeness (QED) is 0.866. The number of methoxy groups -OCH3 is 1. The lowest BCUT2D eigenvalue weighted by Gasteiger charge is -2.22. The summed E-state index contributed by atoms with van der Waals surface area (Å²) >= 11 is 0. The van der Waals surface area contributed by atoms with E-state index >= 15 is 0 Å². The van der Waals surface area contributed by atoms with E-state index in [2.05, 4.69) is 10.3 Å². The molecule has 1 heterocycles. The predicted molar refractivity (Wildman–Crippen MR) is 68.2 cm³/mol. The summed E-state index contributed by atoms with van der Waals surface area (Å²) < 4.78 is 5.30. The zero-order valence-corrected chi connectivity index (χ0v) is 10.4. The van der Waals surface area contributed by atoms with Crippen LogP contribution < -0.4 is 10.1 Å². The van der Waals surface area contributed by atoms with Gasteiger partial charge in [0.25, 0.3) is 0 Å². The van der Waals surface area contributed by atoms with Crippen molar-refractivity contribution in [3.63, 3.8) is 0 Å². The zero-order valence-electron chi connectivity index (χ0n) is 10.4. The number of nitrogens with zero attached hydrogens (tertiary/aromatic N) is 1. The first-order valence-electron chi connectivity index (χ1n) is 6.59. The van der Waals surface area contributed by atoms with Crippen molar-refractivity contribution in [2.75, 3.05) is 19.0 Å². The molecule has 2 aliphatic carbocycles. The number of aromatic nitrogens is 1. The summed E-state index contributed by atoms with van der Waals surface area (Å²) in [6, 6.07) is 3.86. The van der Waals surface area contributed by atoms with Gasteiger partial charge in [-0.05, 0) is 49.1 Å². The number of hydrogen-bond acceptors (Lipinski definition) is 3. The van der Waals surface area contributed by atoms with Gasteiger partial charge in [0.1, 0.15) is 0 Å². The van der Waals surface area contributed by atoms with Gasteiger partial charge in [-0.3, -0.25) is 0 Å². The Kier molecular flexibility index (Phi) is 2.91. The highest BCUT2D eigenvalue weighted by Gasteiger charge is 2.39. The molecule has 0 amide bonds. The Balaban J connectivity index is 1.60. The minimum Gasteiger partial charge on any atom is -0.493 e. The van der Waals surface area contributed by atoms with Gasteiger partial charge in [-0.15, -0.1) is 0 Å². The maximum atomic E-state index is 5.30. The first kappa shape index (κ1) is 10.9. The average Bonchev–Trinajstić information content (AvgIpc) is 2.98. The summed E-state index contributed by atoms with van der Waals surface area (Å²) in [4.78, 5) is 4.34. The molecule has 1 aromatic rings. The molecule has 0 aliphatic heterocycles. The molecule has 1 N–H and O–H groups in total. The van der Waals surface area contributed by atoms with E-state index in [0.717, 1.165) is 35.9 Å². The molecule has 3 rings (SSSR count). The normalized spacial score (nSPS) is 30.5. The lowest BCUT2D eigenvalue weighted by Crippen LogP contribution is -2.20. The largest absolute Gasteiger partial charge is 0.493 e. The molecule has 92 valence electrons. The molecule has 2 aliphatic rings. The van der Waals surface area contributed by atoms with Crippen molar-refractivity contribution in [3.05, 3.63) is 18.3 Å². The summed E-state index contributed by atoms with van der Waals surface area (Å²) in [5.41, 5.74) is 0. The molecular weight excluding hydrogens is 212 g/mol. The van der Waals surface area contributed by atoms with Crippen LogP contribution >= 0.6 is 0 Å². The third kappa shape index (κ3) is 2.11. The van der Waals surface area contributed by atoms with Gasteiger partial charge in [-0.2, -0.15) is 0 Å². The fourth-order valence-corrected chi connectivity index (χ4v) is 3.54. The minimum atomic E-state index is 0.843. The van der Waals surface area contributed by atoms with Gasteiger partial charge in [0, 0.05) is 12.7 Å². The number of hydrogen-bond donors (Lipinski definition) is 1. The van der Waals surface area contributed by atoms with Crippen molar-refractivity contribution < 1.29 is 4.74 Å². The third-order valence-electron chi connectivity index (χ3n) is 4.41. The van der Waals surface area contributed by atoms with Crippen LogP contribution in [0, 0.1) is 17.8 Å². The van der Waals surface area contributed by atoms with Crippen LogP contribution in [0.2, 0.25) is 0 Å². The molecule has 3 unspecified atom stereocenters. The fourth-order valence-electron chi connectivity index (χ4n) is 3.54. The van der Waals surface area contributed by atoms with Crippen LogP contribution in [-0.4, -0.2) is 18.6 Å². The van der Waals surface area contributed by atoms with Crippen LogP contribution in [0.4, 0.5) is 5.82 Å². The molecule has 17 heavy (non-hydrogen) atoms. The first-order valence-corrected chi connectivity index (χ1v) is 6.59. The van der Waals surface area contributed by atoms with E-state index in [4.69, 9.17) is 4.74 Å². The first-order chi connectivity index (χ1) is 8.36. The lowest BCUT2D eigenvalue weighted by molar-refractivity contribution is 0.347. The van der Waals surface area contributed by atoms with Crippen molar-refractivity contribution in [2.45, 2.75) is 25.7 Å². The Morgan fingerprint density at radius 3 is 3.06 bits per heavy atom. The molecule has 1 aromatic heterocycles. The molecule has 0 saturated heterocycles. The molecule has 0 aromatic carbocycles. The van der Waals surface area contributed by atoms with Crippen LogP contribution in [0.5, 0.6) is 5.75 Å². The molecule has 2 fully saturated rings. The van der Waals surface area contributed by atoms with Gasteiger partial charge in [-0.1, -0.05) is 6.42 Å². The molecule has 2 bridgehead atoms. The molecule has 2 saturated carbocycles. The summed E-state index contributed by atoms with van der Waals surface area (Å²) in [6.07, 6.45) is 7.59. The van der Waals surface area contributed by atoms with Crippen LogP contribution in [0.1, 0.15) is 25.7 Å². The second-order valence-corrected chi connectivity index (χ2v) is 5.37. The van der Waals surface area contributed by atoms with Gasteiger partial charge in [0.15, 0.2) is 11.6 Å². The van der Waals surface area contributed by atoms with Crippen molar-refractivity contribution >= 4 is 5.82 Å². The molecule has 0 radical (unpaired) electrons. The lowest BCUT2D eigenvalue weighted by atomic mass is 9.89. The van der Waals surface area contributed by atoms with Crippen LogP contribution in [0.3, 0.4) is 0 Å². The average molecular weight is 232 g/mol. The number of ether oxygens (including phenoxy) is 1. The summed E-state index contributed by atoms with van der Waals surface area (Å²) in [6.45, 7) is 1.05. The van der Waals surface area contributed by atoms with E-state index in [-0.39, 0.29) is 0 Å². The van der Waals surface area contributed by atoms with Gasteiger partial charge >= 0.3 is 0 Å². The minimum absolute atomic E-state index is 0.843. The van der Waals surface area contributed by atoms with Gasteiger partial charge in [0.05, 0.1) is 7.11 Å². The zero-order chi connectivity index (χ0) is 11.7. The van der Waals surface area contributed by atoms with Crippen molar-refractivity contribution in [2.24, 2.45) is 17.8 Å². The van der Waals surface area contributed by atoms with Crippen molar-refractivity contribution in [1.82, 2.24) is 4.98 Å². The number of nitrogens with one attached hydrogen (secondary N) is 1. The van der Waals surface area contributed by atoms with Crippen LogP contribution in [0.15, 0.2) is 18.3 Å². The highest BCUT2D eigenvalue weighted by atomic mass is 16.5. The van der Waals surface area contributed by atoms with E-state index in [1.165, 1.54) is 25.7 Å². The topological polar surface area (TPSA) is 34.1 Å². The van der Waals surface area contributed by atoms with E-state index in [1.807, 2.05) is 18.3 Å². The monoisotopic (exact) mass is 232 g/mol. The molecule has 3 atom stereocenters. The highest BCUT2D eigenvalue weighted by Crippen LogP contribution is 2.48. The fraction of sp³-hybridized carbons (Fsp3) is 0.643. The van der Waals surface area contributed by atoms with Crippen molar-refractivity contribution in [1.29, 1.82) is 0 Å². The smallest absolute Gasteiger partial charge is 0.168 e. The highest BCUT2D eigenvalue weighted by molar-refractivity contribution is 5.49. The molecule has 3 heteroatoms. The Morgan fingerprint density at radius 1 is 1.41 bits per heavy atom. The summed E-state index contributed by atoms with van der Waals surface area (Å²) in [7, 11) is 1.69. The number of fused-ring (bicyclic) bond motifs is 2. The Labute approximate surface area is 103 Å². The Bertz CT molecular complexity index is 394. The summed E-state index contributed by atoms with van der Waals surface area (Å²) in [5.74, 6) is 4.55. The number of pyridine rings is 1. The number of anilines is 1. The van der Waals surface area contributed by atoms with E-state index < -0.39 is 0 Å². The number of rotatable bonds is 4. The second kappa shape index (κ2) is 4.55. The van der Waals surface area contributed by atoms with E-state index in [9.17, 15) is 0 Å². The van der Waals surface area contributed by atoms with E-state index in [0.29, 0.717) is 0 Å². The SMILES string of the molecule is COc1cccnc1NCC1CC2CCC1C2.